The molecule has 2 saturated heterocycles. The number of benzene rings is 1. The van der Waals surface area contributed by atoms with Crippen LogP contribution < -0.4 is 10.1 Å². The Morgan fingerprint density at radius 1 is 1.21 bits per heavy atom. The van der Waals surface area contributed by atoms with Gasteiger partial charge in [0, 0.05) is 24.6 Å². The Labute approximate surface area is 171 Å². The lowest BCUT2D eigenvalue weighted by atomic mass is 10.0. The third-order valence-electron chi connectivity index (χ3n) is 6.43. The first kappa shape index (κ1) is 19.9. The van der Waals surface area contributed by atoms with Crippen LogP contribution in [0.3, 0.4) is 0 Å². The van der Waals surface area contributed by atoms with Gasteiger partial charge in [0.2, 0.25) is 11.8 Å². The highest BCUT2D eigenvalue weighted by Gasteiger charge is 2.39. The molecule has 0 aliphatic carbocycles. The number of amides is 3. The van der Waals surface area contributed by atoms with Gasteiger partial charge < -0.3 is 9.64 Å². The van der Waals surface area contributed by atoms with Gasteiger partial charge >= 0.3 is 0 Å². The number of nitrogens with zero attached hydrogens (tertiary/aromatic N) is 2. The molecular weight excluding hydrogens is 370 g/mol. The molecular formula is C22H29N3O4. The minimum Gasteiger partial charge on any atom is -0.489 e. The summed E-state index contributed by atoms with van der Waals surface area (Å²) in [7, 11) is 0. The van der Waals surface area contributed by atoms with Gasteiger partial charge in [-0.05, 0) is 62.5 Å². The SMILES string of the molecule is CCC(Oc1ccc2c(c1)CN(C1CCC(=O)NC1=O)C2=O)C1CCCN1CC. The summed E-state index contributed by atoms with van der Waals surface area (Å²) in [4.78, 5) is 40.5. The monoisotopic (exact) mass is 399 g/mol. The smallest absolute Gasteiger partial charge is 0.255 e. The number of imide groups is 1. The minimum atomic E-state index is -0.586. The lowest BCUT2D eigenvalue weighted by molar-refractivity contribution is -0.136. The van der Waals surface area contributed by atoms with E-state index in [4.69, 9.17) is 4.74 Å². The second-order valence-corrected chi connectivity index (χ2v) is 8.12. The standard InChI is InChI=1S/C22H29N3O4/c1-3-19(17-6-5-11-24(17)4-2)29-15-7-8-16-14(12-15)13-25(22(16)28)18-9-10-20(26)23-21(18)27/h7-8,12,17-19H,3-6,9-11,13H2,1-2H3,(H,23,26,27). The molecule has 1 aromatic rings. The average molecular weight is 399 g/mol. The Morgan fingerprint density at radius 3 is 2.76 bits per heavy atom. The van der Waals surface area contributed by atoms with Crippen LogP contribution in [0.1, 0.15) is 61.9 Å². The fourth-order valence-electron chi connectivity index (χ4n) is 4.90. The summed E-state index contributed by atoms with van der Waals surface area (Å²) < 4.78 is 6.36. The molecule has 3 atom stereocenters. The van der Waals surface area contributed by atoms with E-state index in [1.54, 1.807) is 11.0 Å². The lowest BCUT2D eigenvalue weighted by Gasteiger charge is -2.30. The van der Waals surface area contributed by atoms with E-state index in [-0.39, 0.29) is 30.2 Å². The number of likely N-dealkylation sites (N-methyl/N-ethyl adjacent to an activating group) is 1. The molecule has 1 N–H and O–H groups in total. The zero-order valence-electron chi connectivity index (χ0n) is 17.1. The molecule has 1 aromatic carbocycles. The van der Waals surface area contributed by atoms with Gasteiger partial charge in [-0.25, -0.2) is 0 Å². The van der Waals surface area contributed by atoms with Crippen molar-refractivity contribution in [1.82, 2.24) is 15.1 Å². The third kappa shape index (κ3) is 3.75. The second-order valence-electron chi connectivity index (χ2n) is 8.12. The van der Waals surface area contributed by atoms with Crippen LogP contribution in [-0.2, 0) is 16.1 Å². The van der Waals surface area contributed by atoms with E-state index in [2.05, 4.69) is 24.1 Å². The van der Waals surface area contributed by atoms with Gasteiger partial charge in [0.15, 0.2) is 0 Å². The van der Waals surface area contributed by atoms with Crippen molar-refractivity contribution in [3.63, 3.8) is 0 Å². The topological polar surface area (TPSA) is 79.0 Å². The van der Waals surface area contributed by atoms with E-state index < -0.39 is 6.04 Å². The molecule has 0 radical (unpaired) electrons. The van der Waals surface area contributed by atoms with Crippen molar-refractivity contribution in [3.05, 3.63) is 29.3 Å². The highest BCUT2D eigenvalue weighted by Crippen LogP contribution is 2.32. The highest BCUT2D eigenvalue weighted by atomic mass is 16.5. The maximum Gasteiger partial charge on any atom is 0.255 e. The molecule has 0 bridgehead atoms. The summed E-state index contributed by atoms with van der Waals surface area (Å²) in [6, 6.07) is 5.44. The first-order valence-corrected chi connectivity index (χ1v) is 10.7. The molecule has 3 heterocycles. The van der Waals surface area contributed by atoms with Crippen LogP contribution in [0.15, 0.2) is 18.2 Å². The summed E-state index contributed by atoms with van der Waals surface area (Å²) >= 11 is 0. The number of rotatable bonds is 6. The van der Waals surface area contributed by atoms with Crippen molar-refractivity contribution in [2.45, 2.75) is 70.7 Å². The molecule has 3 aliphatic heterocycles. The predicted molar refractivity (Wildman–Crippen MR) is 107 cm³/mol. The molecule has 4 rings (SSSR count). The molecule has 0 aromatic heterocycles. The molecule has 7 heteroatoms. The summed E-state index contributed by atoms with van der Waals surface area (Å²) in [6.07, 6.45) is 4.05. The number of likely N-dealkylation sites (tertiary alicyclic amines) is 1. The lowest BCUT2D eigenvalue weighted by Crippen LogP contribution is -2.52. The Hall–Kier alpha value is -2.41. The number of carbonyl (C=O) groups is 3. The molecule has 156 valence electrons. The number of fused-ring (bicyclic) bond motifs is 1. The molecule has 7 nitrogen and oxygen atoms in total. The van der Waals surface area contributed by atoms with Crippen LogP contribution in [0.4, 0.5) is 0 Å². The van der Waals surface area contributed by atoms with Crippen molar-refractivity contribution in [2.24, 2.45) is 0 Å². The first-order chi connectivity index (χ1) is 14.0. The number of hydrogen-bond donors (Lipinski definition) is 1. The summed E-state index contributed by atoms with van der Waals surface area (Å²) in [6.45, 7) is 6.87. The van der Waals surface area contributed by atoms with Crippen molar-refractivity contribution in [3.8, 4) is 5.75 Å². The maximum atomic E-state index is 12.8. The molecule has 3 amide bonds. The second kappa shape index (κ2) is 8.14. The first-order valence-electron chi connectivity index (χ1n) is 10.7. The molecule has 3 unspecified atom stereocenters. The summed E-state index contributed by atoms with van der Waals surface area (Å²) in [5.41, 5.74) is 1.50. The van der Waals surface area contributed by atoms with Gasteiger partial charge in [-0.2, -0.15) is 0 Å². The summed E-state index contributed by atoms with van der Waals surface area (Å²) in [5, 5.41) is 2.34. The minimum absolute atomic E-state index is 0.124. The van der Waals surface area contributed by atoms with Gasteiger partial charge in [-0.3, -0.25) is 24.6 Å². The highest BCUT2D eigenvalue weighted by molar-refractivity contribution is 6.05. The Morgan fingerprint density at radius 2 is 2.03 bits per heavy atom. The van der Waals surface area contributed by atoms with Gasteiger partial charge in [0.05, 0.1) is 0 Å². The molecule has 29 heavy (non-hydrogen) atoms. The normalized spacial score (nSPS) is 25.9. The number of piperidine rings is 1. The van der Waals surface area contributed by atoms with E-state index in [0.717, 1.165) is 37.2 Å². The Balaban J connectivity index is 1.48. The molecule has 3 aliphatic rings. The van der Waals surface area contributed by atoms with Crippen molar-refractivity contribution in [1.29, 1.82) is 0 Å². The van der Waals surface area contributed by atoms with Crippen LogP contribution in [0.2, 0.25) is 0 Å². The third-order valence-corrected chi connectivity index (χ3v) is 6.43. The van der Waals surface area contributed by atoms with Crippen LogP contribution in [0, 0.1) is 0 Å². The Kier molecular flexibility index (Phi) is 5.58. The van der Waals surface area contributed by atoms with Crippen molar-refractivity contribution in [2.75, 3.05) is 13.1 Å². The van der Waals surface area contributed by atoms with Gasteiger partial charge in [0.25, 0.3) is 5.91 Å². The van der Waals surface area contributed by atoms with Gasteiger partial charge in [-0.1, -0.05) is 13.8 Å². The zero-order chi connectivity index (χ0) is 20.5. The van der Waals surface area contributed by atoms with E-state index in [1.807, 2.05) is 12.1 Å². The fraction of sp³-hybridized carbons (Fsp3) is 0.591. The number of ether oxygens (including phenoxy) is 1. The average Bonchev–Trinajstić information content (AvgIpc) is 3.30. The van der Waals surface area contributed by atoms with Crippen LogP contribution >= 0.6 is 0 Å². The fourth-order valence-corrected chi connectivity index (χ4v) is 4.90. The number of hydrogen-bond acceptors (Lipinski definition) is 5. The number of carbonyl (C=O) groups excluding carboxylic acids is 3. The molecule has 0 saturated carbocycles. The zero-order valence-corrected chi connectivity index (χ0v) is 17.1. The maximum absolute atomic E-state index is 12.8. The molecule has 0 spiro atoms. The van der Waals surface area contributed by atoms with Crippen LogP contribution in [0.25, 0.3) is 0 Å². The Bertz CT molecular complexity index is 824. The van der Waals surface area contributed by atoms with E-state index in [0.29, 0.717) is 24.6 Å². The summed E-state index contributed by atoms with van der Waals surface area (Å²) in [5.74, 6) is -0.0342. The largest absolute Gasteiger partial charge is 0.489 e. The van der Waals surface area contributed by atoms with Crippen molar-refractivity contribution < 1.29 is 19.1 Å². The van der Waals surface area contributed by atoms with Crippen molar-refractivity contribution >= 4 is 17.7 Å². The van der Waals surface area contributed by atoms with E-state index in [1.165, 1.54) is 6.42 Å². The van der Waals surface area contributed by atoms with Crippen LogP contribution in [0.5, 0.6) is 5.75 Å². The van der Waals surface area contributed by atoms with Gasteiger partial charge in [0.1, 0.15) is 17.9 Å². The van der Waals surface area contributed by atoms with Gasteiger partial charge in [-0.15, -0.1) is 0 Å². The predicted octanol–water partition coefficient (Wildman–Crippen LogP) is 2.09. The molecule has 2 fully saturated rings. The number of nitrogens with one attached hydrogen (secondary N) is 1. The van der Waals surface area contributed by atoms with Crippen LogP contribution in [-0.4, -0.2) is 58.8 Å². The van der Waals surface area contributed by atoms with E-state index >= 15 is 0 Å². The quantitative estimate of drug-likeness (QED) is 0.741. The van der Waals surface area contributed by atoms with E-state index in [9.17, 15) is 14.4 Å².